The van der Waals surface area contributed by atoms with Gasteiger partial charge in [-0.05, 0) is 16.3 Å². The molecule has 0 aromatic heterocycles. The molecule has 0 spiro atoms. The number of nitrogens with two attached hydrogens (primary N) is 1. The largest absolute Gasteiger partial charge is 0.395 e. The van der Waals surface area contributed by atoms with Crippen molar-refractivity contribution in [3.8, 4) is 0 Å². The molecular weight excluding hydrogens is 198 g/mol. The van der Waals surface area contributed by atoms with Gasteiger partial charge < -0.3 is 10.8 Å². The highest BCUT2D eigenvalue weighted by atomic mass is 16.3. The minimum atomic E-state index is -0.343. The van der Waals surface area contributed by atoms with Crippen LogP contribution in [0.1, 0.15) is 12.5 Å². The Labute approximate surface area is 95.7 Å². The molecule has 0 fully saturated rings. The third-order valence-electron chi connectivity index (χ3n) is 3.25. The number of hydrogen-bond acceptors (Lipinski definition) is 2. The van der Waals surface area contributed by atoms with E-state index in [1.807, 2.05) is 25.1 Å². The van der Waals surface area contributed by atoms with E-state index in [1.54, 1.807) is 0 Å². The number of fused-ring (bicyclic) bond motifs is 1. The first-order valence-corrected chi connectivity index (χ1v) is 5.50. The monoisotopic (exact) mass is 215 g/mol. The molecule has 0 radical (unpaired) electrons. The third-order valence-corrected chi connectivity index (χ3v) is 3.25. The fourth-order valence-corrected chi connectivity index (χ4v) is 1.84. The zero-order chi connectivity index (χ0) is 11.6. The molecule has 0 aliphatic heterocycles. The van der Waals surface area contributed by atoms with E-state index in [0.29, 0.717) is 6.54 Å². The second-order valence-corrected chi connectivity index (χ2v) is 4.48. The molecule has 16 heavy (non-hydrogen) atoms. The van der Waals surface area contributed by atoms with Crippen LogP contribution in [0.2, 0.25) is 0 Å². The van der Waals surface area contributed by atoms with Crippen molar-refractivity contribution in [2.24, 2.45) is 5.73 Å². The fourth-order valence-electron chi connectivity index (χ4n) is 1.84. The van der Waals surface area contributed by atoms with Gasteiger partial charge in [-0.25, -0.2) is 0 Å². The first kappa shape index (κ1) is 11.1. The fraction of sp³-hybridized carbons (Fsp3) is 0.286. The van der Waals surface area contributed by atoms with Crippen molar-refractivity contribution < 1.29 is 5.11 Å². The van der Waals surface area contributed by atoms with Gasteiger partial charge in [-0.15, -0.1) is 0 Å². The third kappa shape index (κ3) is 1.82. The van der Waals surface area contributed by atoms with E-state index in [4.69, 9.17) is 5.73 Å². The van der Waals surface area contributed by atoms with E-state index in [-0.39, 0.29) is 12.0 Å². The van der Waals surface area contributed by atoms with Crippen molar-refractivity contribution in [2.45, 2.75) is 12.3 Å². The maximum atomic E-state index is 9.43. The lowest BCUT2D eigenvalue weighted by atomic mass is 9.82. The predicted octanol–water partition coefficient (Wildman–Crippen LogP) is 2.05. The van der Waals surface area contributed by atoms with E-state index < -0.39 is 0 Å². The van der Waals surface area contributed by atoms with Gasteiger partial charge in [0.2, 0.25) is 0 Å². The van der Waals surface area contributed by atoms with Crippen LogP contribution in [-0.2, 0) is 5.41 Å². The van der Waals surface area contributed by atoms with Crippen LogP contribution in [0.15, 0.2) is 42.5 Å². The Morgan fingerprint density at radius 1 is 1.12 bits per heavy atom. The lowest BCUT2D eigenvalue weighted by molar-refractivity contribution is 0.210. The topological polar surface area (TPSA) is 46.2 Å². The zero-order valence-electron chi connectivity index (χ0n) is 9.48. The molecule has 0 bridgehead atoms. The molecule has 0 heterocycles. The van der Waals surface area contributed by atoms with Gasteiger partial charge in [0.05, 0.1) is 6.61 Å². The minimum absolute atomic E-state index is 0.0713. The Morgan fingerprint density at radius 2 is 1.81 bits per heavy atom. The molecule has 3 N–H and O–H groups in total. The van der Waals surface area contributed by atoms with Crippen LogP contribution in [0.5, 0.6) is 0 Å². The van der Waals surface area contributed by atoms with Crippen molar-refractivity contribution in [3.05, 3.63) is 48.0 Å². The van der Waals surface area contributed by atoms with E-state index in [1.165, 1.54) is 10.8 Å². The van der Waals surface area contributed by atoms with Gasteiger partial charge in [-0.2, -0.15) is 0 Å². The van der Waals surface area contributed by atoms with Crippen molar-refractivity contribution >= 4 is 10.8 Å². The van der Waals surface area contributed by atoms with Crippen molar-refractivity contribution in [2.75, 3.05) is 13.2 Å². The molecule has 2 heteroatoms. The van der Waals surface area contributed by atoms with Gasteiger partial charge in [0, 0.05) is 12.0 Å². The van der Waals surface area contributed by atoms with E-state index in [2.05, 4.69) is 24.3 Å². The lowest BCUT2D eigenvalue weighted by Crippen LogP contribution is -2.35. The maximum absolute atomic E-state index is 9.43. The Balaban J connectivity index is 2.54. The van der Waals surface area contributed by atoms with Crippen LogP contribution in [0.25, 0.3) is 10.8 Å². The molecule has 2 aromatic carbocycles. The van der Waals surface area contributed by atoms with Crippen molar-refractivity contribution in [1.29, 1.82) is 0 Å². The van der Waals surface area contributed by atoms with Crippen LogP contribution >= 0.6 is 0 Å². The summed E-state index contributed by atoms with van der Waals surface area (Å²) in [4.78, 5) is 0. The highest BCUT2D eigenvalue weighted by Gasteiger charge is 2.23. The molecule has 0 amide bonds. The predicted molar refractivity (Wildman–Crippen MR) is 67.4 cm³/mol. The maximum Gasteiger partial charge on any atom is 0.0537 e. The number of rotatable bonds is 3. The summed E-state index contributed by atoms with van der Waals surface area (Å²) in [6.45, 7) is 2.50. The summed E-state index contributed by atoms with van der Waals surface area (Å²) >= 11 is 0. The number of aliphatic hydroxyl groups excluding tert-OH is 1. The molecule has 0 aliphatic carbocycles. The summed E-state index contributed by atoms with van der Waals surface area (Å²) in [5.41, 5.74) is 6.48. The number of benzene rings is 2. The Hall–Kier alpha value is -1.38. The van der Waals surface area contributed by atoms with E-state index in [9.17, 15) is 5.11 Å². The minimum Gasteiger partial charge on any atom is -0.395 e. The van der Waals surface area contributed by atoms with Crippen molar-refractivity contribution in [3.63, 3.8) is 0 Å². The summed E-state index contributed by atoms with van der Waals surface area (Å²) in [6, 6.07) is 14.4. The second kappa shape index (κ2) is 4.24. The standard InChI is InChI=1S/C14H17NO/c1-14(9-15,10-16)13-7-6-11-4-2-3-5-12(11)8-13/h2-8,16H,9-10,15H2,1H3. The van der Waals surface area contributed by atoms with E-state index in [0.717, 1.165) is 5.56 Å². The molecular formula is C14H17NO. The van der Waals surface area contributed by atoms with Crippen LogP contribution < -0.4 is 5.73 Å². The van der Waals surface area contributed by atoms with Crippen LogP contribution in [0.3, 0.4) is 0 Å². The number of aliphatic hydroxyl groups is 1. The molecule has 84 valence electrons. The Morgan fingerprint density at radius 3 is 2.44 bits per heavy atom. The summed E-state index contributed by atoms with van der Waals surface area (Å²) in [7, 11) is 0. The van der Waals surface area contributed by atoms with Gasteiger partial charge in [0.1, 0.15) is 0 Å². The van der Waals surface area contributed by atoms with Crippen LogP contribution in [0, 0.1) is 0 Å². The SMILES string of the molecule is CC(CN)(CO)c1ccc2ccccc2c1. The highest BCUT2D eigenvalue weighted by Crippen LogP contribution is 2.25. The summed E-state index contributed by atoms with van der Waals surface area (Å²) < 4.78 is 0. The molecule has 2 nitrogen and oxygen atoms in total. The van der Waals surface area contributed by atoms with Crippen LogP contribution in [-0.4, -0.2) is 18.3 Å². The normalized spacial score (nSPS) is 14.9. The van der Waals surface area contributed by atoms with Gasteiger partial charge in [-0.1, -0.05) is 49.4 Å². The zero-order valence-corrected chi connectivity index (χ0v) is 9.48. The van der Waals surface area contributed by atoms with Crippen molar-refractivity contribution in [1.82, 2.24) is 0 Å². The first-order valence-electron chi connectivity index (χ1n) is 5.50. The van der Waals surface area contributed by atoms with Crippen LogP contribution in [0.4, 0.5) is 0 Å². The quantitative estimate of drug-likeness (QED) is 0.823. The van der Waals surface area contributed by atoms with Gasteiger partial charge >= 0.3 is 0 Å². The molecule has 1 atom stereocenters. The smallest absolute Gasteiger partial charge is 0.0537 e. The average Bonchev–Trinajstić information content (AvgIpc) is 2.37. The summed E-state index contributed by atoms with van der Waals surface area (Å²) in [5, 5.41) is 11.8. The summed E-state index contributed by atoms with van der Waals surface area (Å²) in [5.74, 6) is 0. The van der Waals surface area contributed by atoms with Gasteiger partial charge in [0.25, 0.3) is 0 Å². The first-order chi connectivity index (χ1) is 7.69. The molecule has 1 unspecified atom stereocenters. The highest BCUT2D eigenvalue weighted by molar-refractivity contribution is 5.83. The van der Waals surface area contributed by atoms with E-state index >= 15 is 0 Å². The Bertz CT molecular complexity index is 489. The Kier molecular flexibility index (Phi) is 2.95. The van der Waals surface area contributed by atoms with Gasteiger partial charge in [0.15, 0.2) is 0 Å². The molecule has 0 saturated carbocycles. The average molecular weight is 215 g/mol. The molecule has 2 aromatic rings. The molecule has 0 aliphatic rings. The summed E-state index contributed by atoms with van der Waals surface area (Å²) in [6.07, 6.45) is 0. The van der Waals surface area contributed by atoms with Gasteiger partial charge in [-0.3, -0.25) is 0 Å². The second-order valence-electron chi connectivity index (χ2n) is 4.48. The molecule has 2 rings (SSSR count). The molecule has 0 saturated heterocycles. The lowest BCUT2D eigenvalue weighted by Gasteiger charge is -2.26. The number of hydrogen-bond donors (Lipinski definition) is 2.